The van der Waals surface area contributed by atoms with Crippen LogP contribution < -0.4 is 10.6 Å². The first kappa shape index (κ1) is 16.9. The van der Waals surface area contributed by atoms with Crippen LogP contribution >= 0.6 is 11.3 Å². The van der Waals surface area contributed by atoms with E-state index >= 15 is 0 Å². The summed E-state index contributed by atoms with van der Waals surface area (Å²) in [4.78, 5) is 27.1. The second kappa shape index (κ2) is 8.22. The molecule has 0 fully saturated rings. The molecule has 2 aromatic heterocycles. The van der Waals surface area contributed by atoms with Gasteiger partial charge >= 0.3 is 0 Å². The third kappa shape index (κ3) is 5.02. The number of anilines is 1. The fraction of sp³-hybridized carbons (Fsp3) is 0.312. The topological polar surface area (TPSA) is 85.0 Å². The summed E-state index contributed by atoms with van der Waals surface area (Å²) in [7, 11) is 0. The van der Waals surface area contributed by atoms with Gasteiger partial charge in [-0.25, -0.2) is 15.0 Å². The molecule has 0 unspecified atom stereocenters. The highest BCUT2D eigenvalue weighted by Crippen LogP contribution is 2.19. The number of nitrogens with zero attached hydrogens (tertiary/aromatic N) is 4. The summed E-state index contributed by atoms with van der Waals surface area (Å²) in [5.41, 5.74) is 8.56. The first-order valence-electron chi connectivity index (χ1n) is 7.24. The second-order valence-corrected chi connectivity index (χ2v) is 6.18. The van der Waals surface area contributed by atoms with Crippen LogP contribution in [0.2, 0.25) is 0 Å². The van der Waals surface area contributed by atoms with Crippen LogP contribution in [0.5, 0.6) is 0 Å². The van der Waals surface area contributed by atoms with Crippen molar-refractivity contribution in [3.05, 3.63) is 52.1 Å². The van der Waals surface area contributed by atoms with E-state index in [9.17, 15) is 4.79 Å². The molecule has 0 bridgehead atoms. The Kier molecular flexibility index (Phi) is 6.02. The van der Waals surface area contributed by atoms with E-state index in [-0.39, 0.29) is 5.69 Å². The van der Waals surface area contributed by atoms with E-state index in [1.807, 2.05) is 32.2 Å². The SMILES string of the molecule is CC=C=CCCN(Cc1ncc(C)s1)c1cc(C(N)=O)ncn1. The van der Waals surface area contributed by atoms with E-state index in [1.54, 1.807) is 17.4 Å². The van der Waals surface area contributed by atoms with Gasteiger partial charge in [-0.15, -0.1) is 17.1 Å². The average Bonchev–Trinajstić information content (AvgIpc) is 2.95. The molecule has 2 N–H and O–H groups in total. The molecule has 1 amide bonds. The summed E-state index contributed by atoms with van der Waals surface area (Å²) >= 11 is 1.65. The molecular formula is C16H19N5OS. The number of aryl methyl sites for hydroxylation is 1. The van der Waals surface area contributed by atoms with Crippen LogP contribution in [0.15, 0.2) is 36.5 Å². The summed E-state index contributed by atoms with van der Waals surface area (Å²) in [6, 6.07) is 1.61. The van der Waals surface area contributed by atoms with Crippen LogP contribution in [0.3, 0.4) is 0 Å². The van der Waals surface area contributed by atoms with Crippen molar-refractivity contribution in [2.24, 2.45) is 5.73 Å². The van der Waals surface area contributed by atoms with Gasteiger partial charge in [0.05, 0.1) is 6.54 Å². The molecule has 2 heterocycles. The van der Waals surface area contributed by atoms with Crippen LogP contribution in [0, 0.1) is 6.92 Å². The predicted molar refractivity (Wildman–Crippen MR) is 91.4 cm³/mol. The fourth-order valence-corrected chi connectivity index (χ4v) is 2.79. The van der Waals surface area contributed by atoms with Gasteiger partial charge < -0.3 is 10.6 Å². The molecule has 0 saturated heterocycles. The molecule has 6 nitrogen and oxygen atoms in total. The summed E-state index contributed by atoms with van der Waals surface area (Å²) in [6.45, 7) is 5.30. The van der Waals surface area contributed by atoms with Crippen LogP contribution in [-0.2, 0) is 6.54 Å². The molecule has 0 saturated carbocycles. The predicted octanol–water partition coefficient (Wildman–Crippen LogP) is 2.47. The zero-order chi connectivity index (χ0) is 16.7. The van der Waals surface area contributed by atoms with E-state index in [4.69, 9.17) is 5.73 Å². The molecule has 0 aliphatic heterocycles. The van der Waals surface area contributed by atoms with E-state index in [0.717, 1.165) is 22.9 Å². The Morgan fingerprint density at radius 2 is 2.26 bits per heavy atom. The van der Waals surface area contributed by atoms with E-state index in [1.165, 1.54) is 6.33 Å². The number of hydrogen-bond acceptors (Lipinski definition) is 6. The van der Waals surface area contributed by atoms with Gasteiger partial charge in [-0.3, -0.25) is 4.79 Å². The Morgan fingerprint density at radius 3 is 2.91 bits per heavy atom. The molecule has 2 rings (SSSR count). The number of carbonyl (C=O) groups excluding carboxylic acids is 1. The molecule has 0 atom stereocenters. The monoisotopic (exact) mass is 329 g/mol. The van der Waals surface area contributed by atoms with Crippen molar-refractivity contribution in [2.75, 3.05) is 11.4 Å². The van der Waals surface area contributed by atoms with Gasteiger partial charge in [0.2, 0.25) is 0 Å². The van der Waals surface area contributed by atoms with Crippen molar-refractivity contribution in [3.8, 4) is 0 Å². The Labute approximate surface area is 139 Å². The number of amides is 1. The minimum Gasteiger partial charge on any atom is -0.364 e. The molecule has 0 aliphatic carbocycles. The van der Waals surface area contributed by atoms with Crippen molar-refractivity contribution in [1.29, 1.82) is 0 Å². The second-order valence-electron chi connectivity index (χ2n) is 4.86. The van der Waals surface area contributed by atoms with Gasteiger partial charge in [-0.05, 0) is 32.4 Å². The van der Waals surface area contributed by atoms with Crippen molar-refractivity contribution in [3.63, 3.8) is 0 Å². The number of aromatic nitrogens is 3. The molecule has 7 heteroatoms. The lowest BCUT2D eigenvalue weighted by Gasteiger charge is -2.22. The lowest BCUT2D eigenvalue weighted by atomic mass is 10.3. The number of thiazole rings is 1. The molecule has 0 aliphatic rings. The minimum absolute atomic E-state index is 0.208. The van der Waals surface area contributed by atoms with Crippen molar-refractivity contribution < 1.29 is 4.79 Å². The third-order valence-corrected chi connectivity index (χ3v) is 3.95. The number of carbonyl (C=O) groups is 1. The first-order chi connectivity index (χ1) is 11.1. The van der Waals surface area contributed by atoms with Gasteiger partial charge in [-0.2, -0.15) is 0 Å². The molecule has 120 valence electrons. The number of hydrogen-bond donors (Lipinski definition) is 1. The van der Waals surface area contributed by atoms with Gasteiger partial charge in [0, 0.05) is 23.7 Å². The Morgan fingerprint density at radius 1 is 1.43 bits per heavy atom. The summed E-state index contributed by atoms with van der Waals surface area (Å²) < 4.78 is 0. The molecule has 23 heavy (non-hydrogen) atoms. The lowest BCUT2D eigenvalue weighted by Crippen LogP contribution is -2.25. The maximum atomic E-state index is 11.3. The molecule has 2 aromatic rings. The fourth-order valence-electron chi connectivity index (χ4n) is 1.99. The minimum atomic E-state index is -0.562. The third-order valence-electron chi connectivity index (χ3n) is 3.05. The summed E-state index contributed by atoms with van der Waals surface area (Å²) in [5, 5.41) is 0.997. The van der Waals surface area contributed by atoms with E-state index in [0.29, 0.717) is 12.4 Å². The van der Waals surface area contributed by atoms with Crippen LogP contribution in [-0.4, -0.2) is 27.4 Å². The van der Waals surface area contributed by atoms with Crippen LogP contribution in [0.1, 0.15) is 33.7 Å². The Balaban J connectivity index is 2.22. The van der Waals surface area contributed by atoms with Gasteiger partial charge in [0.1, 0.15) is 22.8 Å². The summed E-state index contributed by atoms with van der Waals surface area (Å²) in [5.74, 6) is 0.100. The first-order valence-corrected chi connectivity index (χ1v) is 8.05. The summed E-state index contributed by atoms with van der Waals surface area (Å²) in [6.07, 6.45) is 7.86. The maximum Gasteiger partial charge on any atom is 0.267 e. The largest absolute Gasteiger partial charge is 0.364 e. The van der Waals surface area contributed by atoms with Gasteiger partial charge in [0.15, 0.2) is 0 Å². The van der Waals surface area contributed by atoms with Crippen molar-refractivity contribution in [1.82, 2.24) is 15.0 Å². The van der Waals surface area contributed by atoms with E-state index in [2.05, 4.69) is 25.6 Å². The molecule has 0 radical (unpaired) electrons. The number of primary amides is 1. The van der Waals surface area contributed by atoms with Crippen molar-refractivity contribution >= 4 is 23.1 Å². The highest BCUT2D eigenvalue weighted by atomic mass is 32.1. The highest BCUT2D eigenvalue weighted by Gasteiger charge is 2.13. The van der Waals surface area contributed by atoms with Crippen LogP contribution in [0.25, 0.3) is 0 Å². The van der Waals surface area contributed by atoms with E-state index < -0.39 is 5.91 Å². The molecule has 0 aromatic carbocycles. The number of nitrogens with two attached hydrogens (primary N) is 1. The Bertz CT molecular complexity index is 734. The van der Waals surface area contributed by atoms with Gasteiger partial charge in [0.25, 0.3) is 5.91 Å². The smallest absolute Gasteiger partial charge is 0.267 e. The van der Waals surface area contributed by atoms with Gasteiger partial charge in [-0.1, -0.05) is 0 Å². The Hall–Kier alpha value is -2.50. The quantitative estimate of drug-likeness (QED) is 0.789. The highest BCUT2D eigenvalue weighted by molar-refractivity contribution is 7.11. The lowest BCUT2D eigenvalue weighted by molar-refractivity contribution is 0.0995. The van der Waals surface area contributed by atoms with Crippen LogP contribution in [0.4, 0.5) is 5.82 Å². The maximum absolute atomic E-state index is 11.3. The standard InChI is InChI=1S/C16H19N5OS/c1-3-4-5-6-7-21(10-15-18-9-12(2)23-15)14-8-13(16(17)22)19-11-20-14/h3,5,8-9,11H,6-7,10H2,1-2H3,(H2,17,22). The zero-order valence-electron chi connectivity index (χ0n) is 13.2. The zero-order valence-corrected chi connectivity index (χ0v) is 14.0. The normalized spacial score (nSPS) is 10.0. The average molecular weight is 329 g/mol. The number of rotatable bonds is 7. The molecular weight excluding hydrogens is 310 g/mol. The van der Waals surface area contributed by atoms with Crippen molar-refractivity contribution in [2.45, 2.75) is 26.8 Å². The molecule has 0 spiro atoms.